The molecule has 0 spiro atoms. The Kier molecular flexibility index (Phi) is 6.03. The highest BCUT2D eigenvalue weighted by molar-refractivity contribution is 7.85. The molecule has 142 valence electrons. The van der Waals surface area contributed by atoms with Crippen LogP contribution in [0.5, 0.6) is 0 Å². The van der Waals surface area contributed by atoms with E-state index in [1.54, 1.807) is 54.5 Å². The van der Waals surface area contributed by atoms with Gasteiger partial charge in [0.15, 0.2) is 0 Å². The molecule has 2 amide bonds. The van der Waals surface area contributed by atoms with E-state index in [1.165, 1.54) is 0 Å². The predicted molar refractivity (Wildman–Crippen MR) is 104 cm³/mol. The van der Waals surface area contributed by atoms with Crippen molar-refractivity contribution in [3.05, 3.63) is 53.6 Å². The summed E-state index contributed by atoms with van der Waals surface area (Å²) in [5.74, 6) is -0.442. The number of benzene rings is 2. The van der Waals surface area contributed by atoms with Gasteiger partial charge in [-0.25, -0.2) is 4.21 Å². The Balaban J connectivity index is 1.97. The first kappa shape index (κ1) is 19.3. The van der Waals surface area contributed by atoms with Gasteiger partial charge >= 0.3 is 0 Å². The summed E-state index contributed by atoms with van der Waals surface area (Å²) in [5.41, 5.74) is 1.38. The number of hydrogen-bond donors (Lipinski definition) is 1. The molecule has 1 atom stereocenters. The van der Waals surface area contributed by atoms with Crippen molar-refractivity contribution in [2.75, 3.05) is 31.7 Å². The molecule has 0 radical (unpaired) electrons. The molecule has 0 aliphatic carbocycles. The van der Waals surface area contributed by atoms with E-state index in [0.717, 1.165) is 0 Å². The zero-order valence-corrected chi connectivity index (χ0v) is 16.2. The van der Waals surface area contributed by atoms with Crippen LogP contribution in [0.2, 0.25) is 0 Å². The summed E-state index contributed by atoms with van der Waals surface area (Å²) in [7, 11) is 0.123. The monoisotopic (exact) mass is 386 g/mol. The molecule has 6 nitrogen and oxygen atoms in total. The van der Waals surface area contributed by atoms with Crippen molar-refractivity contribution in [3.8, 4) is 0 Å². The minimum absolute atomic E-state index is 0.210. The normalized spacial score (nSPS) is 15.7. The van der Waals surface area contributed by atoms with Gasteiger partial charge in [0, 0.05) is 32.4 Å². The molecule has 2 aromatic rings. The molecular weight excluding hydrogens is 364 g/mol. The highest BCUT2D eigenvalue weighted by atomic mass is 32.2. The summed E-state index contributed by atoms with van der Waals surface area (Å²) < 4.78 is 18.0. The quantitative estimate of drug-likeness (QED) is 0.775. The fraction of sp³-hybridized carbons (Fsp3) is 0.300. The molecule has 0 saturated heterocycles. The number of rotatable bonds is 6. The lowest BCUT2D eigenvalue weighted by atomic mass is 10.1. The van der Waals surface area contributed by atoms with E-state index in [2.05, 4.69) is 5.32 Å². The number of nitrogens with zero attached hydrogens (tertiary/aromatic N) is 1. The summed E-state index contributed by atoms with van der Waals surface area (Å²) in [6, 6.07) is 11.9. The van der Waals surface area contributed by atoms with Crippen LogP contribution in [0.3, 0.4) is 0 Å². The van der Waals surface area contributed by atoms with Crippen molar-refractivity contribution in [1.82, 2.24) is 5.32 Å². The number of anilines is 1. The van der Waals surface area contributed by atoms with Crippen LogP contribution >= 0.6 is 0 Å². The summed E-state index contributed by atoms with van der Waals surface area (Å²) in [6.45, 7) is 3.34. The first-order valence-electron chi connectivity index (χ1n) is 8.82. The maximum absolute atomic E-state index is 13.1. The fourth-order valence-corrected chi connectivity index (χ4v) is 4.38. The molecule has 27 heavy (non-hydrogen) atoms. The standard InChI is InChI=1S/C20H22N2O4S/c1-3-22-16-13-14(19(23)21-11-6-12-26-2)9-10-18(16)27(25)17-8-5-4-7-15(17)20(22)24/h4-5,7-10,13H,3,6,11-12H2,1-2H3,(H,21,23). The Morgan fingerprint density at radius 1 is 1.19 bits per heavy atom. The number of hydrogen-bond acceptors (Lipinski definition) is 4. The number of ether oxygens (including phenoxy) is 1. The Morgan fingerprint density at radius 3 is 2.70 bits per heavy atom. The Labute approximate surface area is 161 Å². The SMILES string of the molecule is CCN1C(=O)c2ccccc2S(=O)c2ccc(C(=O)NCCCOC)cc21. The van der Waals surface area contributed by atoms with E-state index in [1.807, 2.05) is 6.92 Å². The van der Waals surface area contributed by atoms with Crippen LogP contribution in [-0.4, -0.2) is 42.8 Å². The number of amides is 2. The predicted octanol–water partition coefficient (Wildman–Crippen LogP) is 2.60. The molecule has 1 unspecified atom stereocenters. The zero-order valence-electron chi connectivity index (χ0n) is 15.4. The van der Waals surface area contributed by atoms with Gasteiger partial charge in [-0.1, -0.05) is 12.1 Å². The summed E-state index contributed by atoms with van der Waals surface area (Å²) in [4.78, 5) is 28.0. The second-order valence-corrected chi connectivity index (χ2v) is 7.52. The number of carbonyl (C=O) groups excluding carboxylic acids is 2. The van der Waals surface area contributed by atoms with Crippen LogP contribution in [0.25, 0.3) is 0 Å². The van der Waals surface area contributed by atoms with Gasteiger partial charge in [-0.05, 0) is 43.7 Å². The van der Waals surface area contributed by atoms with Crippen LogP contribution in [0.15, 0.2) is 52.3 Å². The maximum Gasteiger partial charge on any atom is 0.259 e. The van der Waals surface area contributed by atoms with Crippen molar-refractivity contribution in [1.29, 1.82) is 0 Å². The lowest BCUT2D eigenvalue weighted by Gasteiger charge is -2.21. The minimum Gasteiger partial charge on any atom is -0.385 e. The van der Waals surface area contributed by atoms with Crippen molar-refractivity contribution in [3.63, 3.8) is 0 Å². The molecule has 3 rings (SSSR count). The molecule has 1 heterocycles. The molecule has 0 saturated carbocycles. The van der Waals surface area contributed by atoms with Crippen LogP contribution in [0, 0.1) is 0 Å². The zero-order chi connectivity index (χ0) is 19.4. The lowest BCUT2D eigenvalue weighted by molar-refractivity contribution is 0.0945. The second-order valence-electron chi connectivity index (χ2n) is 6.10. The van der Waals surface area contributed by atoms with E-state index in [-0.39, 0.29) is 11.8 Å². The molecule has 0 fully saturated rings. The van der Waals surface area contributed by atoms with Gasteiger partial charge in [0.1, 0.15) is 0 Å². The van der Waals surface area contributed by atoms with Crippen molar-refractivity contribution >= 4 is 28.3 Å². The van der Waals surface area contributed by atoms with E-state index < -0.39 is 10.8 Å². The summed E-state index contributed by atoms with van der Waals surface area (Å²) in [5, 5.41) is 2.83. The van der Waals surface area contributed by atoms with Crippen molar-refractivity contribution in [2.45, 2.75) is 23.1 Å². The van der Waals surface area contributed by atoms with Gasteiger partial charge in [-0.15, -0.1) is 0 Å². The number of fused-ring (bicyclic) bond motifs is 2. The third-order valence-electron chi connectivity index (χ3n) is 4.40. The third-order valence-corrected chi connectivity index (χ3v) is 5.90. The van der Waals surface area contributed by atoms with Gasteiger partial charge in [-0.3, -0.25) is 9.59 Å². The van der Waals surface area contributed by atoms with E-state index in [0.29, 0.717) is 52.7 Å². The van der Waals surface area contributed by atoms with Crippen molar-refractivity contribution in [2.24, 2.45) is 0 Å². The minimum atomic E-state index is -1.49. The van der Waals surface area contributed by atoms with Gasteiger partial charge in [0.2, 0.25) is 0 Å². The Hall–Kier alpha value is -2.51. The fourth-order valence-electron chi connectivity index (χ4n) is 3.04. The average molecular weight is 386 g/mol. The summed E-state index contributed by atoms with van der Waals surface area (Å²) in [6.07, 6.45) is 0.714. The van der Waals surface area contributed by atoms with E-state index in [4.69, 9.17) is 4.74 Å². The van der Waals surface area contributed by atoms with Crippen LogP contribution < -0.4 is 10.2 Å². The molecule has 1 N–H and O–H groups in total. The van der Waals surface area contributed by atoms with Gasteiger partial charge in [0.25, 0.3) is 11.8 Å². The molecule has 1 aliphatic rings. The lowest BCUT2D eigenvalue weighted by Crippen LogP contribution is -2.31. The molecule has 2 aromatic carbocycles. The maximum atomic E-state index is 13.1. The third kappa shape index (κ3) is 3.79. The molecule has 1 aliphatic heterocycles. The molecule has 0 aromatic heterocycles. The van der Waals surface area contributed by atoms with Gasteiger partial charge in [-0.2, -0.15) is 0 Å². The van der Waals surface area contributed by atoms with E-state index >= 15 is 0 Å². The van der Waals surface area contributed by atoms with Crippen LogP contribution in [0.1, 0.15) is 34.1 Å². The first-order valence-corrected chi connectivity index (χ1v) is 9.97. The first-order chi connectivity index (χ1) is 13.1. The van der Waals surface area contributed by atoms with E-state index in [9.17, 15) is 13.8 Å². The van der Waals surface area contributed by atoms with Gasteiger partial charge in [0.05, 0.1) is 31.8 Å². The highest BCUT2D eigenvalue weighted by Gasteiger charge is 2.30. The molecule has 7 heteroatoms. The highest BCUT2D eigenvalue weighted by Crippen LogP contribution is 2.34. The summed E-state index contributed by atoms with van der Waals surface area (Å²) >= 11 is 0. The Morgan fingerprint density at radius 2 is 1.96 bits per heavy atom. The smallest absolute Gasteiger partial charge is 0.259 e. The molecule has 0 bridgehead atoms. The molecular formula is C20H22N2O4S. The topological polar surface area (TPSA) is 75.7 Å². The number of carbonyl (C=O) groups is 2. The number of nitrogens with one attached hydrogen (secondary N) is 1. The van der Waals surface area contributed by atoms with Crippen LogP contribution in [-0.2, 0) is 15.5 Å². The largest absolute Gasteiger partial charge is 0.385 e. The van der Waals surface area contributed by atoms with Crippen molar-refractivity contribution < 1.29 is 18.5 Å². The number of methoxy groups -OCH3 is 1. The van der Waals surface area contributed by atoms with Crippen LogP contribution in [0.4, 0.5) is 5.69 Å². The Bertz CT molecular complexity index is 897. The average Bonchev–Trinajstić information content (AvgIpc) is 2.78. The van der Waals surface area contributed by atoms with Gasteiger partial charge < -0.3 is 15.0 Å². The second kappa shape index (κ2) is 8.45.